The van der Waals surface area contributed by atoms with Crippen LogP contribution in [0.3, 0.4) is 0 Å². The standard InChI is InChI=1S/C21H18O2S/c22-19(17-10-5-2-6-11-17)14-18(16-8-3-1-4-9-16)15-20(23)21-12-7-13-24-21/h1-13,18H,14-15H2/t18-/m0/s1. The predicted molar refractivity (Wildman–Crippen MR) is 97.8 cm³/mol. The zero-order valence-corrected chi connectivity index (χ0v) is 14.0. The highest BCUT2D eigenvalue weighted by molar-refractivity contribution is 7.12. The number of hydrogen-bond acceptors (Lipinski definition) is 3. The largest absolute Gasteiger partial charge is 0.294 e. The highest BCUT2D eigenvalue weighted by Gasteiger charge is 2.21. The third-order valence-electron chi connectivity index (χ3n) is 4.03. The van der Waals surface area contributed by atoms with Crippen LogP contribution in [0.25, 0.3) is 0 Å². The lowest BCUT2D eigenvalue weighted by Gasteiger charge is -2.16. The van der Waals surface area contributed by atoms with Gasteiger partial charge in [-0.25, -0.2) is 0 Å². The second-order valence-corrected chi connectivity index (χ2v) is 6.65. The van der Waals surface area contributed by atoms with E-state index in [2.05, 4.69) is 0 Å². The molecule has 0 bridgehead atoms. The molecule has 0 saturated carbocycles. The molecule has 0 radical (unpaired) electrons. The molecule has 1 aromatic heterocycles. The Labute approximate surface area is 145 Å². The number of thiophene rings is 1. The summed E-state index contributed by atoms with van der Waals surface area (Å²) >= 11 is 1.45. The highest BCUT2D eigenvalue weighted by atomic mass is 32.1. The third-order valence-corrected chi connectivity index (χ3v) is 4.94. The van der Waals surface area contributed by atoms with E-state index in [1.165, 1.54) is 11.3 Å². The van der Waals surface area contributed by atoms with E-state index in [1.54, 1.807) is 0 Å². The van der Waals surface area contributed by atoms with Crippen molar-refractivity contribution in [1.29, 1.82) is 0 Å². The quantitative estimate of drug-likeness (QED) is 0.544. The summed E-state index contributed by atoms with van der Waals surface area (Å²) in [7, 11) is 0. The van der Waals surface area contributed by atoms with Crippen LogP contribution in [0.1, 0.15) is 44.4 Å². The molecule has 0 N–H and O–H groups in total. The van der Waals surface area contributed by atoms with Gasteiger partial charge in [0.15, 0.2) is 11.6 Å². The van der Waals surface area contributed by atoms with Crippen molar-refractivity contribution in [1.82, 2.24) is 0 Å². The molecule has 0 fully saturated rings. The van der Waals surface area contributed by atoms with Gasteiger partial charge in [-0.2, -0.15) is 0 Å². The average molecular weight is 334 g/mol. The summed E-state index contributed by atoms with van der Waals surface area (Å²) in [6.45, 7) is 0. The molecule has 0 aliphatic carbocycles. The maximum atomic E-state index is 12.6. The van der Waals surface area contributed by atoms with Gasteiger partial charge in [-0.15, -0.1) is 11.3 Å². The van der Waals surface area contributed by atoms with E-state index in [4.69, 9.17) is 0 Å². The Kier molecular flexibility index (Phi) is 5.34. The Bertz CT molecular complexity index is 792. The molecule has 0 aliphatic heterocycles. The number of carbonyl (C=O) groups is 2. The number of ketones is 2. The minimum atomic E-state index is -0.103. The molecule has 1 heterocycles. The summed E-state index contributed by atoms with van der Waals surface area (Å²) in [4.78, 5) is 25.8. The van der Waals surface area contributed by atoms with Gasteiger partial charge >= 0.3 is 0 Å². The fraction of sp³-hybridized carbons (Fsp3) is 0.143. The van der Waals surface area contributed by atoms with E-state index in [1.807, 2.05) is 78.2 Å². The highest BCUT2D eigenvalue weighted by Crippen LogP contribution is 2.28. The SMILES string of the molecule is O=C(C[C@@H](CC(=O)c1cccs1)c1ccccc1)c1ccccc1. The van der Waals surface area contributed by atoms with Crippen LogP contribution in [0.15, 0.2) is 78.2 Å². The van der Waals surface area contributed by atoms with E-state index in [9.17, 15) is 9.59 Å². The molecule has 2 nitrogen and oxygen atoms in total. The first kappa shape index (κ1) is 16.3. The lowest BCUT2D eigenvalue weighted by Crippen LogP contribution is -2.12. The number of Topliss-reactive ketones (excluding diaryl/α,β-unsaturated/α-hetero) is 2. The molecule has 0 aliphatic rings. The lowest BCUT2D eigenvalue weighted by atomic mass is 9.87. The Morgan fingerprint density at radius 3 is 2.00 bits per heavy atom. The zero-order valence-electron chi connectivity index (χ0n) is 13.2. The van der Waals surface area contributed by atoms with E-state index >= 15 is 0 Å². The molecule has 0 unspecified atom stereocenters. The van der Waals surface area contributed by atoms with E-state index in [-0.39, 0.29) is 17.5 Å². The van der Waals surface area contributed by atoms with Gasteiger partial charge in [0, 0.05) is 18.4 Å². The summed E-state index contributed by atoms with van der Waals surface area (Å²) in [6, 6.07) is 22.8. The molecular formula is C21H18O2S. The summed E-state index contributed by atoms with van der Waals surface area (Å²) in [5.41, 5.74) is 1.73. The number of hydrogen-bond donors (Lipinski definition) is 0. The lowest BCUT2D eigenvalue weighted by molar-refractivity contribution is 0.0946. The molecule has 3 rings (SSSR count). The van der Waals surface area contributed by atoms with Gasteiger partial charge in [-0.1, -0.05) is 66.7 Å². The van der Waals surface area contributed by atoms with Crippen molar-refractivity contribution in [3.63, 3.8) is 0 Å². The van der Waals surface area contributed by atoms with Crippen molar-refractivity contribution in [2.24, 2.45) is 0 Å². The first-order valence-corrected chi connectivity index (χ1v) is 8.82. The van der Waals surface area contributed by atoms with Crippen LogP contribution in [-0.4, -0.2) is 11.6 Å². The van der Waals surface area contributed by atoms with Gasteiger partial charge in [-0.3, -0.25) is 9.59 Å². The number of rotatable bonds is 7. The Morgan fingerprint density at radius 1 is 0.750 bits per heavy atom. The Hall–Kier alpha value is -2.52. The van der Waals surface area contributed by atoms with E-state index in [0.29, 0.717) is 18.4 Å². The van der Waals surface area contributed by atoms with Gasteiger partial charge in [0.2, 0.25) is 0 Å². The molecule has 3 heteroatoms. The van der Waals surface area contributed by atoms with Gasteiger partial charge in [0.05, 0.1) is 4.88 Å². The molecule has 1 atom stereocenters. The van der Waals surface area contributed by atoms with E-state index < -0.39 is 0 Å². The molecule has 24 heavy (non-hydrogen) atoms. The van der Waals surface area contributed by atoms with Crippen LogP contribution in [-0.2, 0) is 0 Å². The fourth-order valence-corrected chi connectivity index (χ4v) is 3.44. The normalized spacial score (nSPS) is 11.8. The summed E-state index contributed by atoms with van der Waals surface area (Å²) in [5, 5.41) is 1.90. The van der Waals surface area contributed by atoms with Gasteiger partial charge in [0.25, 0.3) is 0 Å². The van der Waals surface area contributed by atoms with E-state index in [0.717, 1.165) is 10.4 Å². The van der Waals surface area contributed by atoms with Crippen LogP contribution >= 0.6 is 11.3 Å². The van der Waals surface area contributed by atoms with Crippen LogP contribution in [0, 0.1) is 0 Å². The minimum Gasteiger partial charge on any atom is -0.294 e. The maximum Gasteiger partial charge on any atom is 0.173 e. The summed E-state index contributed by atoms with van der Waals surface area (Å²) in [5.74, 6) is 0.0663. The molecule has 0 spiro atoms. The Balaban J connectivity index is 1.80. The van der Waals surface area contributed by atoms with Crippen molar-refractivity contribution in [3.05, 3.63) is 94.2 Å². The van der Waals surface area contributed by atoms with Gasteiger partial charge in [0.1, 0.15) is 0 Å². The molecule has 120 valence electrons. The monoisotopic (exact) mass is 334 g/mol. The first-order valence-electron chi connectivity index (χ1n) is 7.94. The van der Waals surface area contributed by atoms with Crippen LogP contribution in [0.4, 0.5) is 0 Å². The molecule has 2 aromatic carbocycles. The maximum absolute atomic E-state index is 12.6. The topological polar surface area (TPSA) is 34.1 Å². The van der Waals surface area contributed by atoms with Crippen molar-refractivity contribution < 1.29 is 9.59 Å². The minimum absolute atomic E-state index is 0.0726. The molecule has 0 amide bonds. The second-order valence-electron chi connectivity index (χ2n) is 5.71. The summed E-state index contributed by atoms with van der Waals surface area (Å²) < 4.78 is 0. The first-order chi connectivity index (χ1) is 11.7. The zero-order chi connectivity index (χ0) is 16.8. The molecular weight excluding hydrogens is 316 g/mol. The number of benzene rings is 2. The summed E-state index contributed by atoms with van der Waals surface area (Å²) in [6.07, 6.45) is 0.689. The smallest absolute Gasteiger partial charge is 0.173 e. The van der Waals surface area contributed by atoms with Crippen molar-refractivity contribution in [2.75, 3.05) is 0 Å². The van der Waals surface area contributed by atoms with Crippen molar-refractivity contribution >= 4 is 22.9 Å². The molecule has 3 aromatic rings. The van der Waals surface area contributed by atoms with Crippen LogP contribution in [0.5, 0.6) is 0 Å². The van der Waals surface area contributed by atoms with Gasteiger partial charge < -0.3 is 0 Å². The predicted octanol–water partition coefficient (Wildman–Crippen LogP) is 5.38. The third kappa shape index (κ3) is 4.06. The number of carbonyl (C=O) groups excluding carboxylic acids is 2. The fourth-order valence-electron chi connectivity index (χ4n) is 2.76. The van der Waals surface area contributed by atoms with Crippen molar-refractivity contribution in [2.45, 2.75) is 18.8 Å². The van der Waals surface area contributed by atoms with Crippen LogP contribution in [0.2, 0.25) is 0 Å². The molecule has 0 saturated heterocycles. The van der Waals surface area contributed by atoms with Gasteiger partial charge in [-0.05, 0) is 22.9 Å². The Morgan fingerprint density at radius 2 is 1.38 bits per heavy atom. The van der Waals surface area contributed by atoms with Crippen molar-refractivity contribution in [3.8, 4) is 0 Å². The average Bonchev–Trinajstić information content (AvgIpc) is 3.17. The van der Waals surface area contributed by atoms with Crippen LogP contribution < -0.4 is 0 Å². The second kappa shape index (κ2) is 7.84.